The van der Waals surface area contributed by atoms with Gasteiger partial charge >= 0.3 is 0 Å². The summed E-state index contributed by atoms with van der Waals surface area (Å²) in [6.07, 6.45) is 3.11. The third-order valence-electron chi connectivity index (χ3n) is 3.45. The average Bonchev–Trinajstić information content (AvgIpc) is 2.55. The number of amides is 2. The first-order valence-electron chi connectivity index (χ1n) is 7.60. The van der Waals surface area contributed by atoms with Crippen LogP contribution in [0.4, 0.5) is 10.1 Å². The number of nitrogens with zero attached hydrogens (tertiary/aromatic N) is 1. The first-order chi connectivity index (χ1) is 11.8. The van der Waals surface area contributed by atoms with Crippen LogP contribution in [0.3, 0.4) is 0 Å². The van der Waals surface area contributed by atoms with Crippen LogP contribution in [0.1, 0.15) is 11.1 Å². The topological polar surface area (TPSA) is 49.4 Å². The molecule has 0 unspecified atom stereocenters. The molecule has 0 radical (unpaired) electrons. The number of carbonyl (C=O) groups is 2. The zero-order valence-electron chi connectivity index (χ0n) is 13.9. The SMILES string of the molecule is Cc1ccc(/C=C/C(=O)N(C)CC(=O)Nc2ccc(F)cc2)c(Br)c1. The maximum atomic E-state index is 12.8. The number of nitrogens with one attached hydrogen (secondary N) is 1. The van der Waals surface area contributed by atoms with E-state index < -0.39 is 0 Å². The highest BCUT2D eigenvalue weighted by molar-refractivity contribution is 9.10. The molecule has 2 aromatic carbocycles. The van der Waals surface area contributed by atoms with Crippen molar-refractivity contribution in [1.29, 1.82) is 0 Å². The van der Waals surface area contributed by atoms with Crippen molar-refractivity contribution in [2.45, 2.75) is 6.92 Å². The lowest BCUT2D eigenvalue weighted by atomic mass is 10.1. The van der Waals surface area contributed by atoms with Gasteiger partial charge in [-0.2, -0.15) is 0 Å². The molecule has 0 saturated heterocycles. The van der Waals surface area contributed by atoms with Gasteiger partial charge in [0.05, 0.1) is 6.54 Å². The predicted molar refractivity (Wildman–Crippen MR) is 101 cm³/mol. The standard InChI is InChI=1S/C19H18BrFN2O2/c1-13-3-4-14(17(20)11-13)5-10-19(25)23(2)12-18(24)22-16-8-6-15(21)7-9-16/h3-11H,12H2,1-2H3,(H,22,24)/b10-5+. The zero-order valence-corrected chi connectivity index (χ0v) is 15.5. The highest BCUT2D eigenvalue weighted by Crippen LogP contribution is 2.19. The van der Waals surface area contributed by atoms with Gasteiger partial charge in [0.25, 0.3) is 0 Å². The molecule has 2 amide bonds. The molecule has 0 aliphatic heterocycles. The van der Waals surface area contributed by atoms with E-state index in [2.05, 4.69) is 21.2 Å². The van der Waals surface area contributed by atoms with Crippen LogP contribution in [0.25, 0.3) is 6.08 Å². The smallest absolute Gasteiger partial charge is 0.246 e. The molecule has 6 heteroatoms. The number of likely N-dealkylation sites (N-methyl/N-ethyl adjacent to an activating group) is 1. The average molecular weight is 405 g/mol. The van der Waals surface area contributed by atoms with Gasteiger partial charge in [-0.1, -0.05) is 28.1 Å². The van der Waals surface area contributed by atoms with E-state index in [9.17, 15) is 14.0 Å². The first-order valence-corrected chi connectivity index (χ1v) is 8.39. The summed E-state index contributed by atoms with van der Waals surface area (Å²) in [4.78, 5) is 25.4. The van der Waals surface area contributed by atoms with E-state index in [0.717, 1.165) is 15.6 Å². The number of anilines is 1. The molecule has 1 N–H and O–H groups in total. The quantitative estimate of drug-likeness (QED) is 0.765. The Hall–Kier alpha value is -2.47. The second kappa shape index (κ2) is 8.58. The molecule has 0 aromatic heterocycles. The van der Waals surface area contributed by atoms with E-state index in [-0.39, 0.29) is 24.2 Å². The second-order valence-electron chi connectivity index (χ2n) is 5.61. The third kappa shape index (κ3) is 5.83. The van der Waals surface area contributed by atoms with Crippen LogP contribution in [0.15, 0.2) is 53.0 Å². The van der Waals surface area contributed by atoms with Crippen LogP contribution in [-0.2, 0) is 9.59 Å². The van der Waals surface area contributed by atoms with E-state index in [1.807, 2.05) is 25.1 Å². The van der Waals surface area contributed by atoms with Crippen molar-refractivity contribution in [3.63, 3.8) is 0 Å². The third-order valence-corrected chi connectivity index (χ3v) is 4.13. The fraction of sp³-hybridized carbons (Fsp3) is 0.158. The Bertz CT molecular complexity index is 804. The summed E-state index contributed by atoms with van der Waals surface area (Å²) >= 11 is 3.45. The monoisotopic (exact) mass is 404 g/mol. The molecule has 0 atom stereocenters. The molecule has 4 nitrogen and oxygen atoms in total. The van der Waals surface area contributed by atoms with Gasteiger partial charge in [-0.05, 0) is 54.5 Å². The van der Waals surface area contributed by atoms with Crippen LogP contribution >= 0.6 is 15.9 Å². The number of hydrogen-bond acceptors (Lipinski definition) is 2. The van der Waals surface area contributed by atoms with Gasteiger partial charge in [-0.25, -0.2) is 4.39 Å². The summed E-state index contributed by atoms with van der Waals surface area (Å²) < 4.78 is 13.7. The van der Waals surface area contributed by atoms with Gasteiger partial charge in [-0.15, -0.1) is 0 Å². The van der Waals surface area contributed by atoms with Crippen molar-refractivity contribution in [2.24, 2.45) is 0 Å². The molecule has 2 rings (SSSR count). The van der Waals surface area contributed by atoms with E-state index in [0.29, 0.717) is 5.69 Å². The maximum Gasteiger partial charge on any atom is 0.246 e. The highest BCUT2D eigenvalue weighted by Gasteiger charge is 2.11. The molecule has 0 aliphatic carbocycles. The van der Waals surface area contributed by atoms with E-state index >= 15 is 0 Å². The van der Waals surface area contributed by atoms with Crippen LogP contribution in [0.5, 0.6) is 0 Å². The lowest BCUT2D eigenvalue weighted by Gasteiger charge is -2.15. The maximum absolute atomic E-state index is 12.8. The first kappa shape index (κ1) is 18.9. The van der Waals surface area contributed by atoms with Gasteiger partial charge in [0.1, 0.15) is 5.82 Å². The lowest BCUT2D eigenvalue weighted by molar-refractivity contribution is -0.129. The molecule has 0 saturated carbocycles. The Morgan fingerprint density at radius 2 is 1.88 bits per heavy atom. The predicted octanol–water partition coefficient (Wildman–Crippen LogP) is 4.01. The lowest BCUT2D eigenvalue weighted by Crippen LogP contribution is -2.33. The van der Waals surface area contributed by atoms with Gasteiger partial charge in [-0.3, -0.25) is 9.59 Å². The van der Waals surface area contributed by atoms with Gasteiger partial charge < -0.3 is 10.2 Å². The molecule has 0 fully saturated rings. The summed E-state index contributed by atoms with van der Waals surface area (Å²) in [7, 11) is 1.54. The summed E-state index contributed by atoms with van der Waals surface area (Å²) in [6.45, 7) is 1.88. The summed E-state index contributed by atoms with van der Waals surface area (Å²) in [5.74, 6) is -1.02. The van der Waals surface area contributed by atoms with Crippen molar-refractivity contribution in [2.75, 3.05) is 18.9 Å². The Kier molecular flexibility index (Phi) is 6.47. The van der Waals surface area contributed by atoms with E-state index in [4.69, 9.17) is 0 Å². The van der Waals surface area contributed by atoms with Gasteiger partial charge in [0.15, 0.2) is 0 Å². The summed E-state index contributed by atoms with van der Waals surface area (Å²) in [6, 6.07) is 11.3. The number of benzene rings is 2. The summed E-state index contributed by atoms with van der Waals surface area (Å²) in [5, 5.41) is 2.61. The van der Waals surface area contributed by atoms with Crippen LogP contribution < -0.4 is 5.32 Å². The Morgan fingerprint density at radius 3 is 2.52 bits per heavy atom. The van der Waals surface area contributed by atoms with Crippen LogP contribution in [-0.4, -0.2) is 30.3 Å². The van der Waals surface area contributed by atoms with E-state index in [1.54, 1.807) is 13.1 Å². The molecule has 0 bridgehead atoms. The number of rotatable bonds is 5. The number of hydrogen-bond donors (Lipinski definition) is 1. The van der Waals surface area contributed by atoms with Gasteiger partial charge in [0.2, 0.25) is 11.8 Å². The van der Waals surface area contributed by atoms with Crippen molar-refractivity contribution >= 4 is 39.5 Å². The molecular weight excluding hydrogens is 387 g/mol. The van der Waals surface area contributed by atoms with Crippen molar-refractivity contribution in [3.05, 3.63) is 70.0 Å². The van der Waals surface area contributed by atoms with Gasteiger partial charge in [0, 0.05) is 23.3 Å². The Balaban J connectivity index is 1.91. The fourth-order valence-electron chi connectivity index (χ4n) is 2.08. The molecule has 2 aromatic rings. The van der Waals surface area contributed by atoms with Crippen molar-refractivity contribution in [3.8, 4) is 0 Å². The number of aryl methyl sites for hydroxylation is 1. The molecule has 25 heavy (non-hydrogen) atoms. The largest absolute Gasteiger partial charge is 0.333 e. The molecular formula is C19H18BrFN2O2. The minimum atomic E-state index is -0.377. The Morgan fingerprint density at radius 1 is 1.20 bits per heavy atom. The highest BCUT2D eigenvalue weighted by atomic mass is 79.9. The minimum absolute atomic E-state index is 0.102. The van der Waals surface area contributed by atoms with E-state index in [1.165, 1.54) is 35.2 Å². The fourth-order valence-corrected chi connectivity index (χ4v) is 2.71. The van der Waals surface area contributed by atoms with Crippen molar-refractivity contribution < 1.29 is 14.0 Å². The summed E-state index contributed by atoms with van der Waals surface area (Å²) in [5.41, 5.74) is 2.47. The number of halogens is 2. The molecule has 0 aliphatic rings. The Labute approximate surface area is 154 Å². The van der Waals surface area contributed by atoms with Crippen LogP contribution in [0.2, 0.25) is 0 Å². The minimum Gasteiger partial charge on any atom is -0.333 e. The molecule has 130 valence electrons. The zero-order chi connectivity index (χ0) is 18.4. The van der Waals surface area contributed by atoms with Crippen LogP contribution in [0, 0.1) is 12.7 Å². The normalized spacial score (nSPS) is 10.7. The van der Waals surface area contributed by atoms with Crippen molar-refractivity contribution in [1.82, 2.24) is 4.90 Å². The molecule has 0 spiro atoms. The second-order valence-corrected chi connectivity index (χ2v) is 6.46. The number of carbonyl (C=O) groups excluding carboxylic acids is 2. The molecule has 0 heterocycles.